The van der Waals surface area contributed by atoms with Gasteiger partial charge in [-0.3, -0.25) is 9.59 Å². The van der Waals surface area contributed by atoms with E-state index in [-0.39, 0.29) is 30.7 Å². The molecule has 2 amide bonds. The van der Waals surface area contributed by atoms with Gasteiger partial charge in [-0.15, -0.1) is 11.8 Å². The Kier molecular flexibility index (Phi) is 7.02. The van der Waals surface area contributed by atoms with Crippen molar-refractivity contribution in [3.05, 3.63) is 84.3 Å². The average molecular weight is 416 g/mol. The monoisotopic (exact) mass is 416 g/mol. The smallest absolute Gasteiger partial charge is 0.244 e. The van der Waals surface area contributed by atoms with Gasteiger partial charge in [0.25, 0.3) is 0 Å². The first kappa shape index (κ1) is 20.6. The third-order valence-electron chi connectivity index (χ3n) is 3.92. The Bertz CT molecular complexity index is 965. The molecule has 0 unspecified atom stereocenters. The number of hydrogen-bond acceptors (Lipinski definition) is 4. The number of carbonyl (C=O) groups excluding carboxylic acids is 2. The van der Waals surface area contributed by atoms with E-state index in [1.54, 1.807) is 36.4 Å². The number of hydrogen-bond donors (Lipinski definition) is 1. The number of amides is 2. The maximum Gasteiger partial charge on any atom is 0.244 e. The molecule has 2 aromatic carbocycles. The molecule has 0 spiro atoms. The number of nitrogens with zero attached hydrogens (tertiary/aromatic N) is 1. The van der Waals surface area contributed by atoms with E-state index in [1.807, 2.05) is 6.07 Å². The first-order valence-electron chi connectivity index (χ1n) is 8.74. The fraction of sp³-hybridized carbons (Fsp3) is 0.143. The molecule has 8 heteroatoms. The second kappa shape index (κ2) is 9.88. The van der Waals surface area contributed by atoms with Gasteiger partial charge in [-0.25, -0.2) is 8.78 Å². The zero-order chi connectivity index (χ0) is 20.6. The normalized spacial score (nSPS) is 10.6. The highest BCUT2D eigenvalue weighted by molar-refractivity contribution is 8.00. The van der Waals surface area contributed by atoms with Gasteiger partial charge in [0.15, 0.2) is 11.6 Å². The van der Waals surface area contributed by atoms with Gasteiger partial charge in [-0.05, 0) is 42.5 Å². The van der Waals surface area contributed by atoms with Crippen molar-refractivity contribution in [3.8, 4) is 0 Å². The summed E-state index contributed by atoms with van der Waals surface area (Å²) in [6, 6.07) is 15.7. The Hall–Kier alpha value is -3.13. The molecule has 0 aliphatic rings. The van der Waals surface area contributed by atoms with Gasteiger partial charge in [0, 0.05) is 10.6 Å². The van der Waals surface area contributed by atoms with Crippen LogP contribution in [0, 0.1) is 11.6 Å². The summed E-state index contributed by atoms with van der Waals surface area (Å²) in [6.45, 7) is -0.0564. The molecule has 29 heavy (non-hydrogen) atoms. The number of benzene rings is 2. The van der Waals surface area contributed by atoms with Gasteiger partial charge >= 0.3 is 0 Å². The lowest BCUT2D eigenvalue weighted by Gasteiger charge is -2.21. The first-order valence-corrected chi connectivity index (χ1v) is 9.73. The van der Waals surface area contributed by atoms with E-state index in [4.69, 9.17) is 4.42 Å². The van der Waals surface area contributed by atoms with Gasteiger partial charge < -0.3 is 14.6 Å². The van der Waals surface area contributed by atoms with E-state index < -0.39 is 11.6 Å². The minimum Gasteiger partial charge on any atom is -0.467 e. The predicted molar refractivity (Wildman–Crippen MR) is 106 cm³/mol. The second-order valence-corrected chi connectivity index (χ2v) is 7.16. The molecule has 0 radical (unpaired) electrons. The van der Waals surface area contributed by atoms with Crippen LogP contribution in [0.5, 0.6) is 0 Å². The Morgan fingerprint density at radius 2 is 1.79 bits per heavy atom. The Balaban J connectivity index is 1.64. The van der Waals surface area contributed by atoms with Gasteiger partial charge in [0.1, 0.15) is 12.3 Å². The number of para-hydroxylation sites is 1. The highest BCUT2D eigenvalue weighted by Crippen LogP contribution is 2.21. The lowest BCUT2D eigenvalue weighted by Crippen LogP contribution is -2.38. The van der Waals surface area contributed by atoms with Crippen molar-refractivity contribution in [1.29, 1.82) is 0 Å². The summed E-state index contributed by atoms with van der Waals surface area (Å²) in [6.07, 6.45) is 1.48. The molecule has 1 heterocycles. The lowest BCUT2D eigenvalue weighted by molar-refractivity contribution is -0.133. The van der Waals surface area contributed by atoms with Crippen LogP contribution < -0.4 is 5.32 Å². The van der Waals surface area contributed by atoms with Crippen molar-refractivity contribution in [1.82, 2.24) is 4.90 Å². The number of nitrogens with one attached hydrogen (secondary N) is 1. The largest absolute Gasteiger partial charge is 0.467 e. The molecule has 1 N–H and O–H groups in total. The van der Waals surface area contributed by atoms with Crippen molar-refractivity contribution in [2.24, 2.45) is 0 Å². The molecule has 0 fully saturated rings. The molecule has 0 aliphatic heterocycles. The van der Waals surface area contributed by atoms with E-state index in [0.29, 0.717) is 16.3 Å². The van der Waals surface area contributed by atoms with E-state index in [9.17, 15) is 18.4 Å². The summed E-state index contributed by atoms with van der Waals surface area (Å²) in [7, 11) is 0. The van der Waals surface area contributed by atoms with Gasteiger partial charge in [-0.2, -0.15) is 0 Å². The maximum absolute atomic E-state index is 13.3. The number of halogens is 2. The van der Waals surface area contributed by atoms with Crippen LogP contribution in [0.25, 0.3) is 0 Å². The van der Waals surface area contributed by atoms with Gasteiger partial charge in [0.2, 0.25) is 11.8 Å². The summed E-state index contributed by atoms with van der Waals surface area (Å²) in [5.41, 5.74) is 0.624. The Morgan fingerprint density at radius 3 is 2.48 bits per heavy atom. The number of carbonyl (C=O) groups is 2. The molecule has 5 nitrogen and oxygen atoms in total. The molecule has 3 rings (SSSR count). The second-order valence-electron chi connectivity index (χ2n) is 6.11. The molecule has 3 aromatic rings. The minimum atomic E-state index is -0.975. The van der Waals surface area contributed by atoms with Crippen molar-refractivity contribution >= 4 is 29.3 Å². The topological polar surface area (TPSA) is 62.6 Å². The van der Waals surface area contributed by atoms with Gasteiger partial charge in [0.05, 0.1) is 18.6 Å². The number of rotatable bonds is 8. The molecule has 0 saturated heterocycles. The van der Waals surface area contributed by atoms with Crippen LogP contribution in [-0.4, -0.2) is 29.0 Å². The van der Waals surface area contributed by atoms with Crippen LogP contribution in [0.3, 0.4) is 0 Å². The molecule has 0 saturated carbocycles. The van der Waals surface area contributed by atoms with E-state index >= 15 is 0 Å². The summed E-state index contributed by atoms with van der Waals surface area (Å²) in [4.78, 5) is 26.8. The third-order valence-corrected chi connectivity index (χ3v) is 4.90. The van der Waals surface area contributed by atoms with Crippen LogP contribution in [0.4, 0.5) is 14.5 Å². The highest BCUT2D eigenvalue weighted by Gasteiger charge is 2.19. The minimum absolute atomic E-state index is 0.0373. The number of furan rings is 1. The molecular weight excluding hydrogens is 398 g/mol. The van der Waals surface area contributed by atoms with Gasteiger partial charge in [-0.1, -0.05) is 18.2 Å². The number of anilines is 1. The van der Waals surface area contributed by atoms with E-state index in [1.165, 1.54) is 17.2 Å². The van der Waals surface area contributed by atoms with Crippen molar-refractivity contribution in [2.75, 3.05) is 17.6 Å². The highest BCUT2D eigenvalue weighted by atomic mass is 32.2. The maximum atomic E-state index is 13.3. The van der Waals surface area contributed by atoms with Crippen molar-refractivity contribution < 1.29 is 22.8 Å². The predicted octanol–water partition coefficient (Wildman–Crippen LogP) is 4.32. The molecule has 0 bridgehead atoms. The lowest BCUT2D eigenvalue weighted by atomic mass is 10.3. The summed E-state index contributed by atoms with van der Waals surface area (Å²) < 4.78 is 31.7. The Labute approximate surface area is 170 Å². The zero-order valence-electron chi connectivity index (χ0n) is 15.3. The van der Waals surface area contributed by atoms with Crippen LogP contribution in [0.15, 0.2) is 76.2 Å². The first-order chi connectivity index (χ1) is 14.0. The Morgan fingerprint density at radius 1 is 1.00 bits per heavy atom. The molecule has 150 valence electrons. The standard InChI is InChI=1S/C21H18F2N2O3S/c22-18-9-8-17(11-19(18)23)29-14-21(27)25(12-16-7-4-10-28-16)13-20(26)24-15-5-2-1-3-6-15/h1-11H,12-14H2,(H,24,26). The SMILES string of the molecule is O=C(CN(Cc1ccco1)C(=O)CSc1ccc(F)c(F)c1)Nc1ccccc1. The quantitative estimate of drug-likeness (QED) is 0.556. The van der Waals surface area contributed by atoms with Crippen LogP contribution in [-0.2, 0) is 16.1 Å². The fourth-order valence-electron chi connectivity index (χ4n) is 2.52. The molecule has 0 aliphatic carbocycles. The molecule has 1 aromatic heterocycles. The summed E-state index contributed by atoms with van der Waals surface area (Å²) in [5, 5.41) is 2.73. The van der Waals surface area contributed by atoms with E-state index in [2.05, 4.69) is 5.32 Å². The molecule has 0 atom stereocenters. The summed E-state index contributed by atoms with van der Waals surface area (Å²) >= 11 is 1.06. The zero-order valence-corrected chi connectivity index (χ0v) is 16.1. The van der Waals surface area contributed by atoms with Crippen molar-refractivity contribution in [3.63, 3.8) is 0 Å². The fourth-order valence-corrected chi connectivity index (χ4v) is 3.35. The average Bonchev–Trinajstić information content (AvgIpc) is 3.22. The van der Waals surface area contributed by atoms with Crippen molar-refractivity contribution in [2.45, 2.75) is 11.4 Å². The summed E-state index contributed by atoms with van der Waals surface area (Å²) in [5.74, 6) is -2.11. The third kappa shape index (κ3) is 6.18. The van der Waals surface area contributed by atoms with Crippen LogP contribution in [0.2, 0.25) is 0 Å². The van der Waals surface area contributed by atoms with Crippen LogP contribution in [0.1, 0.15) is 5.76 Å². The molecular formula is C21H18F2N2O3S. The number of thioether (sulfide) groups is 1. The van der Waals surface area contributed by atoms with Crippen LogP contribution >= 0.6 is 11.8 Å². The van der Waals surface area contributed by atoms with E-state index in [0.717, 1.165) is 23.9 Å².